The second kappa shape index (κ2) is 6.13. The molecule has 0 aromatic carbocycles. The molecule has 0 aromatic rings. The Labute approximate surface area is 83.4 Å². The standard InChI is InChI=1S/C8H18N2S2/c1-7(4-9)10-5-8-6-11-2-3-12-8/h7-8,10H,2-6,9H2,1H3. The van der Waals surface area contributed by atoms with Crippen LogP contribution in [0, 0.1) is 0 Å². The topological polar surface area (TPSA) is 38.0 Å². The van der Waals surface area contributed by atoms with Crippen molar-refractivity contribution >= 4 is 23.5 Å². The molecule has 1 aliphatic heterocycles. The quantitative estimate of drug-likeness (QED) is 0.713. The van der Waals surface area contributed by atoms with Crippen LogP contribution in [-0.2, 0) is 0 Å². The van der Waals surface area contributed by atoms with Crippen molar-refractivity contribution in [1.82, 2.24) is 5.32 Å². The molecular formula is C8H18N2S2. The predicted molar refractivity (Wildman–Crippen MR) is 60.1 cm³/mol. The van der Waals surface area contributed by atoms with Gasteiger partial charge in [0.15, 0.2) is 0 Å². The minimum atomic E-state index is 0.470. The molecule has 0 spiro atoms. The molecule has 0 bridgehead atoms. The highest BCUT2D eigenvalue weighted by atomic mass is 32.2. The van der Waals surface area contributed by atoms with Crippen LogP contribution in [0.5, 0.6) is 0 Å². The molecule has 0 radical (unpaired) electrons. The minimum absolute atomic E-state index is 0.470. The van der Waals surface area contributed by atoms with Gasteiger partial charge in [-0.3, -0.25) is 0 Å². The first-order chi connectivity index (χ1) is 5.83. The molecule has 1 fully saturated rings. The highest BCUT2D eigenvalue weighted by Crippen LogP contribution is 2.23. The summed E-state index contributed by atoms with van der Waals surface area (Å²) in [6, 6.07) is 0.470. The van der Waals surface area contributed by atoms with Crippen molar-refractivity contribution in [2.75, 3.05) is 30.3 Å². The molecule has 0 amide bonds. The van der Waals surface area contributed by atoms with Crippen molar-refractivity contribution in [1.29, 1.82) is 0 Å². The highest BCUT2D eigenvalue weighted by Gasteiger charge is 2.14. The van der Waals surface area contributed by atoms with Gasteiger partial charge in [0, 0.05) is 41.6 Å². The Morgan fingerprint density at radius 2 is 2.42 bits per heavy atom. The fourth-order valence-corrected chi connectivity index (χ4v) is 3.70. The van der Waals surface area contributed by atoms with Crippen molar-refractivity contribution in [2.45, 2.75) is 18.2 Å². The van der Waals surface area contributed by atoms with Crippen LogP contribution in [0.4, 0.5) is 0 Å². The van der Waals surface area contributed by atoms with Crippen molar-refractivity contribution < 1.29 is 0 Å². The fourth-order valence-electron chi connectivity index (χ4n) is 1.07. The molecule has 1 aliphatic rings. The van der Waals surface area contributed by atoms with E-state index in [1.54, 1.807) is 0 Å². The van der Waals surface area contributed by atoms with Crippen LogP contribution in [0.15, 0.2) is 0 Å². The number of hydrogen-bond donors (Lipinski definition) is 2. The van der Waals surface area contributed by atoms with Crippen LogP contribution in [-0.4, -0.2) is 41.6 Å². The minimum Gasteiger partial charge on any atom is -0.329 e. The first kappa shape index (κ1) is 10.7. The Morgan fingerprint density at radius 1 is 1.58 bits per heavy atom. The number of rotatable bonds is 4. The normalized spacial score (nSPS) is 27.0. The van der Waals surface area contributed by atoms with Gasteiger partial charge in [-0.2, -0.15) is 23.5 Å². The van der Waals surface area contributed by atoms with E-state index in [0.717, 1.165) is 18.3 Å². The van der Waals surface area contributed by atoms with E-state index in [4.69, 9.17) is 5.73 Å². The van der Waals surface area contributed by atoms with E-state index in [1.807, 2.05) is 0 Å². The maximum absolute atomic E-state index is 5.51. The Kier molecular flexibility index (Phi) is 5.47. The van der Waals surface area contributed by atoms with Crippen LogP contribution in [0.1, 0.15) is 6.92 Å². The van der Waals surface area contributed by atoms with Crippen LogP contribution in [0.2, 0.25) is 0 Å². The smallest absolute Gasteiger partial charge is 0.0263 e. The third kappa shape index (κ3) is 4.03. The SMILES string of the molecule is CC(CN)NCC1CSCCS1. The van der Waals surface area contributed by atoms with Gasteiger partial charge in [0.1, 0.15) is 0 Å². The molecule has 4 heteroatoms. The Bertz CT molecular complexity index is 116. The highest BCUT2D eigenvalue weighted by molar-refractivity contribution is 8.06. The van der Waals surface area contributed by atoms with Crippen molar-refractivity contribution in [3.05, 3.63) is 0 Å². The molecule has 12 heavy (non-hydrogen) atoms. The van der Waals surface area contributed by atoms with Gasteiger partial charge in [-0.05, 0) is 6.92 Å². The summed E-state index contributed by atoms with van der Waals surface area (Å²) in [4.78, 5) is 0. The van der Waals surface area contributed by atoms with Gasteiger partial charge >= 0.3 is 0 Å². The molecule has 72 valence electrons. The lowest BCUT2D eigenvalue weighted by Crippen LogP contribution is -2.38. The van der Waals surface area contributed by atoms with E-state index in [1.165, 1.54) is 17.3 Å². The average Bonchev–Trinajstić information content (AvgIpc) is 2.16. The summed E-state index contributed by atoms with van der Waals surface area (Å²) < 4.78 is 0. The van der Waals surface area contributed by atoms with Gasteiger partial charge in [-0.25, -0.2) is 0 Å². The summed E-state index contributed by atoms with van der Waals surface area (Å²) in [5.74, 6) is 3.94. The maximum Gasteiger partial charge on any atom is 0.0263 e. The summed E-state index contributed by atoms with van der Waals surface area (Å²) in [5, 5.41) is 4.25. The van der Waals surface area contributed by atoms with E-state index in [0.29, 0.717) is 6.04 Å². The van der Waals surface area contributed by atoms with Crippen LogP contribution in [0.3, 0.4) is 0 Å². The molecular weight excluding hydrogens is 188 g/mol. The fraction of sp³-hybridized carbons (Fsp3) is 1.00. The van der Waals surface area contributed by atoms with E-state index < -0.39 is 0 Å². The zero-order valence-corrected chi connectivity index (χ0v) is 9.22. The zero-order chi connectivity index (χ0) is 8.81. The van der Waals surface area contributed by atoms with E-state index in [2.05, 4.69) is 35.8 Å². The Hall–Kier alpha value is 0.620. The van der Waals surface area contributed by atoms with Crippen molar-refractivity contribution in [2.24, 2.45) is 5.73 Å². The van der Waals surface area contributed by atoms with Gasteiger partial charge in [0.2, 0.25) is 0 Å². The number of nitrogens with one attached hydrogen (secondary N) is 1. The van der Waals surface area contributed by atoms with E-state index >= 15 is 0 Å². The molecule has 1 saturated heterocycles. The lowest BCUT2D eigenvalue weighted by atomic mass is 10.3. The summed E-state index contributed by atoms with van der Waals surface area (Å²) in [7, 11) is 0. The maximum atomic E-state index is 5.51. The third-order valence-corrected chi connectivity index (χ3v) is 4.78. The molecule has 3 N–H and O–H groups in total. The Balaban J connectivity index is 2.05. The molecule has 0 aliphatic carbocycles. The molecule has 0 saturated carbocycles. The second-order valence-corrected chi connectivity index (χ2v) is 5.67. The lowest BCUT2D eigenvalue weighted by Gasteiger charge is -2.22. The first-order valence-corrected chi connectivity index (χ1v) is 6.66. The number of nitrogens with two attached hydrogens (primary N) is 1. The monoisotopic (exact) mass is 206 g/mol. The zero-order valence-electron chi connectivity index (χ0n) is 7.58. The van der Waals surface area contributed by atoms with Crippen LogP contribution >= 0.6 is 23.5 Å². The average molecular weight is 206 g/mol. The molecule has 0 aromatic heterocycles. The van der Waals surface area contributed by atoms with Crippen molar-refractivity contribution in [3.8, 4) is 0 Å². The molecule has 2 nitrogen and oxygen atoms in total. The van der Waals surface area contributed by atoms with Crippen molar-refractivity contribution in [3.63, 3.8) is 0 Å². The number of hydrogen-bond acceptors (Lipinski definition) is 4. The van der Waals surface area contributed by atoms with Gasteiger partial charge in [-0.15, -0.1) is 0 Å². The molecule has 2 atom stereocenters. The number of thioether (sulfide) groups is 2. The predicted octanol–water partition coefficient (Wildman–Crippen LogP) is 0.772. The molecule has 1 rings (SSSR count). The molecule has 2 unspecified atom stereocenters. The third-order valence-electron chi connectivity index (χ3n) is 1.93. The Morgan fingerprint density at radius 3 is 3.00 bits per heavy atom. The first-order valence-electron chi connectivity index (χ1n) is 4.45. The van der Waals surface area contributed by atoms with Crippen LogP contribution in [0.25, 0.3) is 0 Å². The van der Waals surface area contributed by atoms with Gasteiger partial charge in [0.05, 0.1) is 0 Å². The summed E-state index contributed by atoms with van der Waals surface area (Å²) in [6.07, 6.45) is 0. The summed E-state index contributed by atoms with van der Waals surface area (Å²) in [5.41, 5.74) is 5.51. The van der Waals surface area contributed by atoms with Crippen LogP contribution < -0.4 is 11.1 Å². The molecule has 1 heterocycles. The second-order valence-electron chi connectivity index (χ2n) is 3.11. The lowest BCUT2D eigenvalue weighted by molar-refractivity contribution is 0.559. The van der Waals surface area contributed by atoms with E-state index in [9.17, 15) is 0 Å². The summed E-state index contributed by atoms with van der Waals surface area (Å²) >= 11 is 4.16. The van der Waals surface area contributed by atoms with Gasteiger partial charge < -0.3 is 11.1 Å². The van der Waals surface area contributed by atoms with Gasteiger partial charge in [-0.1, -0.05) is 0 Å². The van der Waals surface area contributed by atoms with E-state index in [-0.39, 0.29) is 0 Å². The summed E-state index contributed by atoms with van der Waals surface area (Å²) in [6.45, 7) is 4.00. The van der Waals surface area contributed by atoms with Gasteiger partial charge in [0.25, 0.3) is 0 Å². The largest absolute Gasteiger partial charge is 0.329 e.